The van der Waals surface area contributed by atoms with Crippen molar-refractivity contribution in [2.45, 2.75) is 59.2 Å². The smallest absolute Gasteiger partial charge is 0.308 e. The molecule has 1 aromatic carbocycles. The lowest BCUT2D eigenvalue weighted by atomic mass is 10.0. The number of carbonyl (C=O) groups excluding carboxylic acids is 2. The Morgan fingerprint density at radius 3 is 2.55 bits per heavy atom. The molecule has 9 heteroatoms. The highest BCUT2D eigenvalue weighted by molar-refractivity contribution is 5.78. The number of esters is 1. The fourth-order valence-corrected chi connectivity index (χ4v) is 3.04. The van der Waals surface area contributed by atoms with E-state index < -0.39 is 16.9 Å². The molecule has 1 amide bonds. The van der Waals surface area contributed by atoms with Gasteiger partial charge < -0.3 is 10.1 Å². The normalized spacial score (nSPS) is 11.9. The van der Waals surface area contributed by atoms with Gasteiger partial charge in [0.05, 0.1) is 34.7 Å². The van der Waals surface area contributed by atoms with Crippen LogP contribution in [0.3, 0.4) is 0 Å². The summed E-state index contributed by atoms with van der Waals surface area (Å²) in [5.41, 5.74) is 1.90. The van der Waals surface area contributed by atoms with Crippen LogP contribution in [0.25, 0.3) is 0 Å². The second-order valence-corrected chi connectivity index (χ2v) is 7.08. The number of aromatic nitrogens is 2. The summed E-state index contributed by atoms with van der Waals surface area (Å²) < 4.78 is 6.88. The third-order valence-electron chi connectivity index (χ3n) is 4.24. The number of carbonyl (C=O) groups is 2. The molecule has 0 fully saturated rings. The van der Waals surface area contributed by atoms with Crippen molar-refractivity contribution in [3.8, 4) is 0 Å². The summed E-state index contributed by atoms with van der Waals surface area (Å²) in [7, 11) is 0. The minimum atomic E-state index is -0.865. The number of nitrogens with one attached hydrogen (secondary N) is 1. The maximum absolute atomic E-state index is 12.5. The van der Waals surface area contributed by atoms with E-state index in [4.69, 9.17) is 4.74 Å². The van der Waals surface area contributed by atoms with Crippen LogP contribution < -0.4 is 5.32 Å². The fourth-order valence-electron chi connectivity index (χ4n) is 3.04. The van der Waals surface area contributed by atoms with E-state index in [0.717, 1.165) is 11.4 Å². The first kappa shape index (κ1) is 22.1. The van der Waals surface area contributed by atoms with E-state index in [9.17, 15) is 19.7 Å². The van der Waals surface area contributed by atoms with Crippen LogP contribution in [-0.4, -0.2) is 32.7 Å². The Kier molecular flexibility index (Phi) is 7.46. The van der Waals surface area contributed by atoms with Crippen LogP contribution in [0, 0.1) is 24.0 Å². The lowest BCUT2D eigenvalue weighted by Crippen LogP contribution is -2.32. The Bertz CT molecular complexity index is 891. The van der Waals surface area contributed by atoms with E-state index in [0.29, 0.717) is 6.54 Å². The molecule has 2 aromatic rings. The Morgan fingerprint density at radius 2 is 1.97 bits per heavy atom. The van der Waals surface area contributed by atoms with E-state index >= 15 is 0 Å². The summed E-state index contributed by atoms with van der Waals surface area (Å²) in [6.45, 7) is 7.56. The molecule has 0 aliphatic rings. The highest BCUT2D eigenvalue weighted by atomic mass is 16.6. The molecule has 0 saturated heterocycles. The van der Waals surface area contributed by atoms with Crippen LogP contribution in [0.5, 0.6) is 0 Å². The molecular formula is C20H26N4O5. The molecule has 0 radical (unpaired) electrons. The van der Waals surface area contributed by atoms with E-state index in [1.54, 1.807) is 24.6 Å². The summed E-state index contributed by atoms with van der Waals surface area (Å²) in [6, 6.07) is 7.10. The predicted molar refractivity (Wildman–Crippen MR) is 106 cm³/mol. The van der Waals surface area contributed by atoms with Gasteiger partial charge in [0.25, 0.3) is 5.69 Å². The highest BCUT2D eigenvalue weighted by Crippen LogP contribution is 2.27. The minimum Gasteiger partial charge on any atom is -0.463 e. The van der Waals surface area contributed by atoms with Gasteiger partial charge >= 0.3 is 5.97 Å². The molecule has 1 N–H and O–H groups in total. The van der Waals surface area contributed by atoms with Gasteiger partial charge in [-0.3, -0.25) is 24.4 Å². The number of hydrogen-bond acceptors (Lipinski definition) is 6. The zero-order chi connectivity index (χ0) is 21.6. The van der Waals surface area contributed by atoms with Crippen LogP contribution >= 0.6 is 0 Å². The minimum absolute atomic E-state index is 0.123. The first-order valence-electron chi connectivity index (χ1n) is 9.40. The second kappa shape index (κ2) is 9.81. The molecule has 29 heavy (non-hydrogen) atoms. The SMILES string of the molecule is Cc1cc(C)n(CCC(=O)NC(CC(=O)OC(C)C)c2ccccc2[N+](=O)[O-])n1. The van der Waals surface area contributed by atoms with Gasteiger partial charge in [0.15, 0.2) is 0 Å². The summed E-state index contributed by atoms with van der Waals surface area (Å²) >= 11 is 0. The summed E-state index contributed by atoms with van der Waals surface area (Å²) in [5, 5.41) is 18.4. The summed E-state index contributed by atoms with van der Waals surface area (Å²) in [4.78, 5) is 35.6. The zero-order valence-electron chi connectivity index (χ0n) is 17.0. The molecule has 1 unspecified atom stereocenters. The molecule has 0 aliphatic carbocycles. The summed E-state index contributed by atoms with van der Waals surface area (Å²) in [5.74, 6) is -0.875. The molecule has 0 spiro atoms. The number of ether oxygens (including phenoxy) is 1. The zero-order valence-corrected chi connectivity index (χ0v) is 17.0. The topological polar surface area (TPSA) is 116 Å². The molecule has 1 aromatic heterocycles. The third kappa shape index (κ3) is 6.41. The first-order chi connectivity index (χ1) is 13.7. The number of aryl methyl sites for hydroxylation is 3. The molecule has 0 aliphatic heterocycles. The molecule has 1 atom stereocenters. The Hall–Kier alpha value is -3.23. The van der Waals surface area contributed by atoms with Gasteiger partial charge in [-0.25, -0.2) is 0 Å². The highest BCUT2D eigenvalue weighted by Gasteiger charge is 2.26. The average Bonchev–Trinajstić information content (AvgIpc) is 2.96. The largest absolute Gasteiger partial charge is 0.463 e. The van der Waals surface area contributed by atoms with Crippen molar-refractivity contribution in [3.63, 3.8) is 0 Å². The molecule has 0 saturated carbocycles. The molecule has 1 heterocycles. The Labute approximate surface area is 169 Å². The van der Waals surface area contributed by atoms with Gasteiger partial charge in [-0.05, 0) is 33.8 Å². The van der Waals surface area contributed by atoms with Crippen molar-refractivity contribution < 1.29 is 19.2 Å². The monoisotopic (exact) mass is 402 g/mol. The van der Waals surface area contributed by atoms with E-state index in [1.807, 2.05) is 19.9 Å². The quantitative estimate of drug-likeness (QED) is 0.391. The predicted octanol–water partition coefficient (Wildman–Crippen LogP) is 3.00. The molecule has 9 nitrogen and oxygen atoms in total. The number of para-hydroxylation sites is 1. The van der Waals surface area contributed by atoms with Gasteiger partial charge in [-0.1, -0.05) is 18.2 Å². The van der Waals surface area contributed by atoms with Crippen LogP contribution in [-0.2, 0) is 20.9 Å². The summed E-state index contributed by atoms with van der Waals surface area (Å²) in [6.07, 6.45) is -0.400. The molecule has 2 rings (SSSR count). The third-order valence-corrected chi connectivity index (χ3v) is 4.24. The lowest BCUT2D eigenvalue weighted by Gasteiger charge is -2.19. The maximum Gasteiger partial charge on any atom is 0.308 e. The Morgan fingerprint density at radius 1 is 1.28 bits per heavy atom. The number of nitro benzene ring substituents is 1. The van der Waals surface area contributed by atoms with Gasteiger partial charge in [-0.15, -0.1) is 0 Å². The van der Waals surface area contributed by atoms with Crippen molar-refractivity contribution >= 4 is 17.6 Å². The van der Waals surface area contributed by atoms with E-state index in [2.05, 4.69) is 10.4 Å². The number of nitrogens with zero attached hydrogens (tertiary/aromatic N) is 3. The van der Waals surface area contributed by atoms with Crippen molar-refractivity contribution in [2.24, 2.45) is 0 Å². The molecule has 156 valence electrons. The van der Waals surface area contributed by atoms with Crippen LogP contribution in [0.1, 0.15) is 49.7 Å². The van der Waals surface area contributed by atoms with Crippen molar-refractivity contribution in [2.75, 3.05) is 0 Å². The fraction of sp³-hybridized carbons (Fsp3) is 0.450. The number of nitro groups is 1. The number of rotatable bonds is 9. The lowest BCUT2D eigenvalue weighted by molar-refractivity contribution is -0.385. The van der Waals surface area contributed by atoms with E-state index in [-0.39, 0.29) is 36.1 Å². The van der Waals surface area contributed by atoms with Crippen LogP contribution in [0.4, 0.5) is 5.69 Å². The van der Waals surface area contributed by atoms with Crippen LogP contribution in [0.2, 0.25) is 0 Å². The number of benzene rings is 1. The van der Waals surface area contributed by atoms with Crippen molar-refractivity contribution in [3.05, 3.63) is 57.4 Å². The van der Waals surface area contributed by atoms with Crippen LogP contribution in [0.15, 0.2) is 30.3 Å². The van der Waals surface area contributed by atoms with Gasteiger partial charge in [0.2, 0.25) is 5.91 Å². The standard InChI is InChI=1S/C20H26N4O5/c1-13(2)29-20(26)12-17(16-7-5-6-8-18(16)24(27)28)21-19(25)9-10-23-15(4)11-14(3)22-23/h5-8,11,13,17H,9-10,12H2,1-4H3,(H,21,25). The molecular weight excluding hydrogens is 376 g/mol. The van der Waals surface area contributed by atoms with E-state index in [1.165, 1.54) is 18.2 Å². The van der Waals surface area contributed by atoms with Gasteiger partial charge in [0, 0.05) is 24.7 Å². The number of hydrogen-bond donors (Lipinski definition) is 1. The second-order valence-electron chi connectivity index (χ2n) is 7.08. The molecule has 0 bridgehead atoms. The first-order valence-corrected chi connectivity index (χ1v) is 9.40. The van der Waals surface area contributed by atoms with Gasteiger partial charge in [0.1, 0.15) is 0 Å². The maximum atomic E-state index is 12.5. The number of amides is 1. The van der Waals surface area contributed by atoms with Crippen molar-refractivity contribution in [1.29, 1.82) is 0 Å². The van der Waals surface area contributed by atoms with Crippen molar-refractivity contribution in [1.82, 2.24) is 15.1 Å². The van der Waals surface area contributed by atoms with Gasteiger partial charge in [-0.2, -0.15) is 5.10 Å². The Balaban J connectivity index is 2.16. The average molecular weight is 402 g/mol.